The van der Waals surface area contributed by atoms with Crippen LogP contribution in [0.25, 0.3) is 0 Å². The van der Waals surface area contributed by atoms with Crippen LogP contribution in [0, 0.1) is 24.7 Å². The highest BCUT2D eigenvalue weighted by molar-refractivity contribution is 6.31. The van der Waals surface area contributed by atoms with E-state index >= 15 is 9.59 Å². The maximum Gasteiger partial charge on any atom is 0.417 e. The first-order valence-electron chi connectivity index (χ1n) is 33.1. The molecule has 2 aliphatic carbocycles. The van der Waals surface area contributed by atoms with E-state index in [0.29, 0.717) is 49.7 Å². The number of carbonyl (C=O) groups is 11. The zero-order valence-electron chi connectivity index (χ0n) is 57.0. The molecule has 6 rings (SSSR count). The van der Waals surface area contributed by atoms with Gasteiger partial charge in [-0.05, 0) is 120 Å². The fourth-order valence-electron chi connectivity index (χ4n) is 13.4. The van der Waals surface area contributed by atoms with Crippen LogP contribution in [0.2, 0.25) is 5.02 Å². The van der Waals surface area contributed by atoms with Gasteiger partial charge in [-0.25, -0.2) is 0 Å². The second-order valence-electron chi connectivity index (χ2n) is 27.2. The highest BCUT2D eigenvalue weighted by Gasteiger charge is 2.50. The minimum Gasteiger partial charge on any atom is -0.351 e. The fourth-order valence-corrected chi connectivity index (χ4v) is 13.7. The Bertz CT molecular complexity index is 3090. The van der Waals surface area contributed by atoms with Crippen LogP contribution >= 0.6 is 11.6 Å². The fraction of sp³-hybridized carbons (Fsp3) is 0.662. The molecule has 2 aliphatic heterocycles. The van der Waals surface area contributed by atoms with Crippen molar-refractivity contribution in [3.63, 3.8) is 0 Å². The number of benzene rings is 2. The van der Waals surface area contributed by atoms with Crippen molar-refractivity contribution < 1.29 is 65.9 Å². The van der Waals surface area contributed by atoms with Gasteiger partial charge in [0.1, 0.15) is 47.8 Å². The van der Waals surface area contributed by atoms with Gasteiger partial charge in [0, 0.05) is 67.7 Å². The molecule has 4 N–H and O–H groups in total. The maximum absolute atomic E-state index is 15.3. The molecule has 2 aromatic rings. The van der Waals surface area contributed by atoms with E-state index in [-0.39, 0.29) is 69.7 Å². The summed E-state index contributed by atoms with van der Waals surface area (Å²) < 4.78 is 41.5. The second kappa shape index (κ2) is 32.9. The predicted octanol–water partition coefficient (Wildman–Crippen LogP) is 5.67. The third-order valence-corrected chi connectivity index (χ3v) is 20.0. The van der Waals surface area contributed by atoms with Crippen molar-refractivity contribution in [2.75, 3.05) is 61.9 Å². The molecule has 1 spiro atoms. The summed E-state index contributed by atoms with van der Waals surface area (Å²) in [6, 6.07) is 1.13. The van der Waals surface area contributed by atoms with Crippen molar-refractivity contribution in [1.29, 1.82) is 0 Å². The standard InChI is InChI=1S/C68H99ClF3N11O11/c1-14-42(5)57-65(93)78(9)38-55(85)77(8)39-56(86)81(12)53(37-46-25-23-41(4)24-26-46)64(92)79(10)44(7)59(87)74-50(30-28-45-27-29-48(49(69)36-45)68(70,71)72)63(91)83-33-19-22-51(83)61(89)76-67(31-17-18-32-67)66(94)82(13)58(47-20-15-16-21-47)62(90)73-43(6)35-54(84)80(11)52(34-40(2)3)60(88)75-57/h23-27,29,36,40,42-44,47,50-53,57-58H,14-22,28,30-35,37-39H2,1-13H3,(H,73,90)(H,74,87)(H,75,88)(H,76,89)/t42-,43+,44+,50-,51?,52-,53-,57-,58-/m0/s1. The van der Waals surface area contributed by atoms with Crippen molar-refractivity contribution in [1.82, 2.24) is 55.6 Å². The summed E-state index contributed by atoms with van der Waals surface area (Å²) in [4.78, 5) is 170. The van der Waals surface area contributed by atoms with Crippen molar-refractivity contribution >= 4 is 76.6 Å². The smallest absolute Gasteiger partial charge is 0.351 e. The van der Waals surface area contributed by atoms with Gasteiger partial charge in [-0.15, -0.1) is 0 Å². The van der Waals surface area contributed by atoms with Gasteiger partial charge >= 0.3 is 6.18 Å². The largest absolute Gasteiger partial charge is 0.417 e. The van der Waals surface area contributed by atoms with Gasteiger partial charge in [0.25, 0.3) is 0 Å². The van der Waals surface area contributed by atoms with Gasteiger partial charge in [-0.1, -0.05) is 107 Å². The molecule has 94 heavy (non-hydrogen) atoms. The first kappa shape index (κ1) is 75.7. The van der Waals surface area contributed by atoms with Gasteiger partial charge in [0.2, 0.25) is 65.0 Å². The van der Waals surface area contributed by atoms with Crippen molar-refractivity contribution in [2.24, 2.45) is 17.8 Å². The summed E-state index contributed by atoms with van der Waals surface area (Å²) in [6.45, 7) is 11.3. The lowest BCUT2D eigenvalue weighted by Gasteiger charge is -2.40. The van der Waals surface area contributed by atoms with E-state index in [4.69, 9.17) is 11.6 Å². The summed E-state index contributed by atoms with van der Waals surface area (Å²) in [5, 5.41) is 11.1. The van der Waals surface area contributed by atoms with Crippen LogP contribution in [0.3, 0.4) is 0 Å². The Morgan fingerprint density at radius 1 is 0.638 bits per heavy atom. The highest BCUT2D eigenvalue weighted by Crippen LogP contribution is 2.38. The third-order valence-electron chi connectivity index (χ3n) is 19.7. The zero-order chi connectivity index (χ0) is 69.8. The van der Waals surface area contributed by atoms with E-state index in [2.05, 4.69) is 21.3 Å². The molecule has 4 aliphatic rings. The number of nitrogens with zero attached hydrogens (tertiary/aromatic N) is 7. The highest BCUT2D eigenvalue weighted by atomic mass is 35.5. The minimum absolute atomic E-state index is 0.0472. The SMILES string of the molecule is CC[C@H](C)[C@@H]1NC(=O)[C@H](CC(C)C)N(C)C(=O)C[C@@H](C)NC(=O)[C@H](C2CCCC2)N(C)C(=O)C2(CCCC2)NC(=O)C2CCCN2C(=O)[C@H](CCc2ccc(C(F)(F)F)c(Cl)c2)NC(=O)[C@@H](C)N(C)C(=O)[C@H](Cc2ccc(C)cc2)N(C)C(=O)CN(C)C(=O)CN(C)C1=O. The number of hydrogen-bond donors (Lipinski definition) is 4. The molecular weight excluding hydrogens is 1240 g/mol. The minimum atomic E-state index is -4.76. The lowest BCUT2D eigenvalue weighted by atomic mass is 9.90. The van der Waals surface area contributed by atoms with Crippen LogP contribution < -0.4 is 21.3 Å². The van der Waals surface area contributed by atoms with E-state index in [1.165, 1.54) is 74.9 Å². The molecule has 22 nitrogen and oxygen atoms in total. The Hall–Kier alpha value is -7.31. The number of alkyl halides is 3. The van der Waals surface area contributed by atoms with E-state index < -0.39 is 155 Å². The lowest BCUT2D eigenvalue weighted by molar-refractivity contribution is -0.150. The molecule has 26 heteroatoms. The Labute approximate surface area is 556 Å². The van der Waals surface area contributed by atoms with Crippen LogP contribution in [-0.4, -0.2) is 215 Å². The number of rotatable bonds is 10. The first-order valence-corrected chi connectivity index (χ1v) is 33.5. The number of halogens is 4. The number of fused-ring (bicyclic) bond motifs is 1. The lowest BCUT2D eigenvalue weighted by Crippen LogP contribution is -2.64. The van der Waals surface area contributed by atoms with E-state index in [9.17, 15) is 56.3 Å². The van der Waals surface area contributed by atoms with Gasteiger partial charge in [0.05, 0.1) is 23.7 Å². The number of likely N-dealkylation sites (N-methyl/N-ethyl adjacent to an activating group) is 6. The van der Waals surface area contributed by atoms with Crippen LogP contribution in [0.5, 0.6) is 0 Å². The van der Waals surface area contributed by atoms with Gasteiger partial charge in [-0.3, -0.25) is 52.7 Å². The Morgan fingerprint density at radius 3 is 1.84 bits per heavy atom. The Kier molecular flexibility index (Phi) is 26.5. The summed E-state index contributed by atoms with van der Waals surface area (Å²) in [5.41, 5.74) is -0.701. The van der Waals surface area contributed by atoms with E-state index in [1.54, 1.807) is 26.0 Å². The van der Waals surface area contributed by atoms with Gasteiger partial charge in [0.15, 0.2) is 0 Å². The van der Waals surface area contributed by atoms with Crippen LogP contribution in [0.15, 0.2) is 42.5 Å². The summed E-state index contributed by atoms with van der Waals surface area (Å²) in [6.07, 6.45) is 0.209. The van der Waals surface area contributed by atoms with E-state index in [1.807, 2.05) is 39.8 Å². The van der Waals surface area contributed by atoms with Gasteiger partial charge in [-0.2, -0.15) is 13.2 Å². The summed E-state index contributed by atoms with van der Waals surface area (Å²) in [7, 11) is 8.51. The third kappa shape index (κ3) is 18.8. The molecule has 2 saturated heterocycles. The Morgan fingerprint density at radius 2 is 1.24 bits per heavy atom. The Balaban J connectivity index is 1.40. The van der Waals surface area contributed by atoms with Crippen molar-refractivity contribution in [3.8, 4) is 0 Å². The molecule has 0 aromatic heterocycles. The normalized spacial score (nSPS) is 26.3. The molecule has 0 radical (unpaired) electrons. The first-order chi connectivity index (χ1) is 44.1. The molecule has 9 atom stereocenters. The number of nitrogens with one attached hydrogen (secondary N) is 4. The molecule has 2 aromatic carbocycles. The molecule has 1 unspecified atom stereocenters. The number of carbonyl (C=O) groups excluding carboxylic acids is 11. The zero-order valence-corrected chi connectivity index (χ0v) is 57.7. The molecule has 2 saturated carbocycles. The predicted molar refractivity (Wildman–Crippen MR) is 348 cm³/mol. The summed E-state index contributed by atoms with van der Waals surface area (Å²) >= 11 is 6.14. The van der Waals surface area contributed by atoms with Crippen LogP contribution in [0.4, 0.5) is 13.2 Å². The van der Waals surface area contributed by atoms with Crippen LogP contribution in [0.1, 0.15) is 154 Å². The van der Waals surface area contributed by atoms with Crippen molar-refractivity contribution in [2.45, 2.75) is 211 Å². The van der Waals surface area contributed by atoms with Crippen LogP contribution in [-0.2, 0) is 71.8 Å². The van der Waals surface area contributed by atoms with E-state index in [0.717, 1.165) is 45.2 Å². The summed E-state index contributed by atoms with van der Waals surface area (Å²) in [5.74, 6) is -7.78. The quantitative estimate of drug-likeness (QED) is 0.225. The van der Waals surface area contributed by atoms with Crippen molar-refractivity contribution in [3.05, 3.63) is 69.7 Å². The number of aryl methyl sites for hydroxylation is 2. The molecule has 520 valence electrons. The topological polar surface area (TPSA) is 259 Å². The molecule has 11 amide bonds. The molecule has 4 fully saturated rings. The molecular formula is C68H99ClF3N11O11. The average molecular weight is 1340 g/mol. The molecule has 0 bridgehead atoms. The maximum atomic E-state index is 15.3. The van der Waals surface area contributed by atoms with Gasteiger partial charge < -0.3 is 55.6 Å². The second-order valence-corrected chi connectivity index (χ2v) is 27.6. The molecule has 2 heterocycles. The number of amides is 11. The monoisotopic (exact) mass is 1340 g/mol. The number of hydrogen-bond acceptors (Lipinski definition) is 11. The average Bonchev–Trinajstić information content (AvgIpc) is 1.54.